The first-order chi connectivity index (χ1) is 9.70. The molecule has 0 atom stereocenters. The second kappa shape index (κ2) is 6.70. The molecular formula is C16H19N3O. The van der Waals surface area contributed by atoms with E-state index in [1.165, 1.54) is 0 Å². The predicted molar refractivity (Wildman–Crippen MR) is 82.1 cm³/mol. The van der Waals surface area contributed by atoms with Crippen molar-refractivity contribution in [3.8, 4) is 0 Å². The lowest BCUT2D eigenvalue weighted by Crippen LogP contribution is -2.14. The lowest BCUT2D eigenvalue weighted by molar-refractivity contribution is 0.102. The van der Waals surface area contributed by atoms with Crippen molar-refractivity contribution in [2.75, 3.05) is 17.2 Å². The van der Waals surface area contributed by atoms with Crippen LogP contribution in [0.3, 0.4) is 0 Å². The van der Waals surface area contributed by atoms with Gasteiger partial charge >= 0.3 is 0 Å². The van der Waals surface area contributed by atoms with Crippen LogP contribution in [0.4, 0.5) is 11.5 Å². The molecule has 20 heavy (non-hydrogen) atoms. The molecule has 0 aliphatic heterocycles. The third-order valence-electron chi connectivity index (χ3n) is 2.96. The first-order valence-electron chi connectivity index (χ1n) is 6.77. The number of carbonyl (C=O) groups is 1. The third kappa shape index (κ3) is 3.57. The summed E-state index contributed by atoms with van der Waals surface area (Å²) >= 11 is 0. The number of carbonyl (C=O) groups excluding carboxylic acids is 1. The highest BCUT2D eigenvalue weighted by Crippen LogP contribution is 2.16. The average Bonchev–Trinajstić information content (AvgIpc) is 2.46. The molecule has 0 fully saturated rings. The zero-order chi connectivity index (χ0) is 14.4. The summed E-state index contributed by atoms with van der Waals surface area (Å²) in [6, 6.07) is 11.2. The lowest BCUT2D eigenvalue weighted by atomic mass is 10.1. The Hall–Kier alpha value is -2.36. The minimum Gasteiger partial charge on any atom is -0.385 e. The van der Waals surface area contributed by atoms with Crippen LogP contribution in [0.2, 0.25) is 0 Å². The SMILES string of the molecule is CCCNc1ccc(C(=O)Nc2ccccn2)c(C)c1. The average molecular weight is 269 g/mol. The van der Waals surface area contributed by atoms with Crippen LogP contribution < -0.4 is 10.6 Å². The van der Waals surface area contributed by atoms with Crippen molar-refractivity contribution >= 4 is 17.4 Å². The molecule has 0 bridgehead atoms. The summed E-state index contributed by atoms with van der Waals surface area (Å²) < 4.78 is 0. The molecule has 1 aromatic carbocycles. The molecule has 0 aliphatic carbocycles. The van der Waals surface area contributed by atoms with E-state index in [0.29, 0.717) is 11.4 Å². The number of hydrogen-bond acceptors (Lipinski definition) is 3. The molecule has 1 aromatic heterocycles. The van der Waals surface area contributed by atoms with Gasteiger partial charge in [-0.15, -0.1) is 0 Å². The van der Waals surface area contributed by atoms with Crippen molar-refractivity contribution in [1.82, 2.24) is 4.98 Å². The second-order valence-corrected chi connectivity index (χ2v) is 4.63. The molecule has 104 valence electrons. The molecule has 2 aromatic rings. The maximum absolute atomic E-state index is 12.2. The number of pyridine rings is 1. The Kier molecular flexibility index (Phi) is 4.71. The molecule has 4 heteroatoms. The van der Waals surface area contributed by atoms with Gasteiger partial charge in [0.1, 0.15) is 5.82 Å². The number of benzene rings is 1. The zero-order valence-corrected chi connectivity index (χ0v) is 11.8. The second-order valence-electron chi connectivity index (χ2n) is 4.63. The summed E-state index contributed by atoms with van der Waals surface area (Å²) in [5, 5.41) is 6.10. The maximum atomic E-state index is 12.2. The molecular weight excluding hydrogens is 250 g/mol. The largest absolute Gasteiger partial charge is 0.385 e. The molecule has 1 heterocycles. The fourth-order valence-electron chi connectivity index (χ4n) is 1.92. The number of nitrogens with zero attached hydrogens (tertiary/aromatic N) is 1. The van der Waals surface area contributed by atoms with E-state index < -0.39 is 0 Å². The van der Waals surface area contributed by atoms with E-state index >= 15 is 0 Å². The van der Waals surface area contributed by atoms with Crippen LogP contribution in [-0.2, 0) is 0 Å². The van der Waals surface area contributed by atoms with E-state index in [4.69, 9.17) is 0 Å². The van der Waals surface area contributed by atoms with Gasteiger partial charge in [-0.2, -0.15) is 0 Å². The monoisotopic (exact) mass is 269 g/mol. The van der Waals surface area contributed by atoms with Gasteiger partial charge in [-0.1, -0.05) is 13.0 Å². The standard InChI is InChI=1S/C16H19N3O/c1-3-9-17-13-7-8-14(12(2)11-13)16(20)19-15-6-4-5-10-18-15/h4-8,10-11,17H,3,9H2,1-2H3,(H,18,19,20). The summed E-state index contributed by atoms with van der Waals surface area (Å²) in [7, 11) is 0. The molecule has 0 aliphatic rings. The van der Waals surface area contributed by atoms with Gasteiger partial charge in [-0.3, -0.25) is 4.79 Å². The first kappa shape index (κ1) is 14.1. The van der Waals surface area contributed by atoms with Crippen molar-refractivity contribution in [1.29, 1.82) is 0 Å². The highest BCUT2D eigenvalue weighted by atomic mass is 16.1. The maximum Gasteiger partial charge on any atom is 0.257 e. The molecule has 4 nitrogen and oxygen atoms in total. The van der Waals surface area contributed by atoms with Crippen molar-refractivity contribution in [2.24, 2.45) is 0 Å². The highest BCUT2D eigenvalue weighted by Gasteiger charge is 2.10. The number of anilines is 2. The van der Waals surface area contributed by atoms with Gasteiger partial charge in [-0.25, -0.2) is 4.98 Å². The number of aryl methyl sites for hydroxylation is 1. The van der Waals surface area contributed by atoms with E-state index in [-0.39, 0.29) is 5.91 Å². The van der Waals surface area contributed by atoms with Gasteiger partial charge in [0.2, 0.25) is 0 Å². The molecule has 0 unspecified atom stereocenters. The Morgan fingerprint density at radius 1 is 1.25 bits per heavy atom. The van der Waals surface area contributed by atoms with Crippen molar-refractivity contribution in [2.45, 2.75) is 20.3 Å². The normalized spacial score (nSPS) is 10.1. The molecule has 1 amide bonds. The summed E-state index contributed by atoms with van der Waals surface area (Å²) in [6.07, 6.45) is 2.72. The Bertz CT molecular complexity index is 582. The third-order valence-corrected chi connectivity index (χ3v) is 2.96. The molecule has 0 saturated carbocycles. The molecule has 0 radical (unpaired) electrons. The quantitative estimate of drug-likeness (QED) is 0.874. The number of nitrogens with one attached hydrogen (secondary N) is 2. The van der Waals surface area contributed by atoms with E-state index in [1.54, 1.807) is 12.3 Å². The minimum absolute atomic E-state index is 0.136. The fraction of sp³-hybridized carbons (Fsp3) is 0.250. The van der Waals surface area contributed by atoms with Gasteiger partial charge in [0, 0.05) is 24.0 Å². The summed E-state index contributed by atoms with van der Waals surface area (Å²) in [5.41, 5.74) is 2.65. The lowest BCUT2D eigenvalue weighted by Gasteiger charge is -2.10. The molecule has 0 saturated heterocycles. The Labute approximate surface area is 119 Å². The van der Waals surface area contributed by atoms with Crippen molar-refractivity contribution in [3.63, 3.8) is 0 Å². The van der Waals surface area contributed by atoms with Crippen LogP contribution in [-0.4, -0.2) is 17.4 Å². The number of hydrogen-bond donors (Lipinski definition) is 2. The van der Waals surface area contributed by atoms with Crippen LogP contribution in [0.15, 0.2) is 42.6 Å². The van der Waals surface area contributed by atoms with Crippen molar-refractivity contribution < 1.29 is 4.79 Å². The number of rotatable bonds is 5. The Morgan fingerprint density at radius 3 is 2.75 bits per heavy atom. The van der Waals surface area contributed by atoms with E-state index in [1.807, 2.05) is 37.3 Å². The Morgan fingerprint density at radius 2 is 2.10 bits per heavy atom. The first-order valence-corrected chi connectivity index (χ1v) is 6.77. The van der Waals surface area contributed by atoms with Crippen LogP contribution in [0.25, 0.3) is 0 Å². The Balaban J connectivity index is 2.10. The van der Waals surface area contributed by atoms with E-state index in [9.17, 15) is 4.79 Å². The molecule has 2 rings (SSSR count). The topological polar surface area (TPSA) is 54.0 Å². The highest BCUT2D eigenvalue weighted by molar-refractivity contribution is 6.05. The summed E-state index contributed by atoms with van der Waals surface area (Å²) in [5.74, 6) is 0.424. The van der Waals surface area contributed by atoms with Gasteiger partial charge in [0.05, 0.1) is 0 Å². The van der Waals surface area contributed by atoms with Gasteiger partial charge in [-0.05, 0) is 49.2 Å². The smallest absolute Gasteiger partial charge is 0.257 e. The number of aromatic nitrogens is 1. The fourth-order valence-corrected chi connectivity index (χ4v) is 1.92. The van der Waals surface area contributed by atoms with E-state index in [2.05, 4.69) is 22.5 Å². The van der Waals surface area contributed by atoms with E-state index in [0.717, 1.165) is 24.2 Å². The van der Waals surface area contributed by atoms with Crippen LogP contribution in [0.5, 0.6) is 0 Å². The predicted octanol–water partition coefficient (Wildman–Crippen LogP) is 3.46. The van der Waals surface area contributed by atoms with Crippen LogP contribution in [0, 0.1) is 6.92 Å². The molecule has 0 spiro atoms. The summed E-state index contributed by atoms with van der Waals surface area (Å²) in [6.45, 7) is 4.98. The van der Waals surface area contributed by atoms with Crippen LogP contribution in [0.1, 0.15) is 29.3 Å². The number of amides is 1. The van der Waals surface area contributed by atoms with Gasteiger partial charge in [0.25, 0.3) is 5.91 Å². The van der Waals surface area contributed by atoms with Gasteiger partial charge in [0.15, 0.2) is 0 Å². The molecule has 2 N–H and O–H groups in total. The summed E-state index contributed by atoms with van der Waals surface area (Å²) in [4.78, 5) is 16.3. The zero-order valence-electron chi connectivity index (χ0n) is 11.8. The van der Waals surface area contributed by atoms with Gasteiger partial charge < -0.3 is 10.6 Å². The van der Waals surface area contributed by atoms with Crippen LogP contribution >= 0.6 is 0 Å². The minimum atomic E-state index is -0.136. The van der Waals surface area contributed by atoms with Crippen molar-refractivity contribution in [3.05, 3.63) is 53.7 Å².